The highest BCUT2D eigenvalue weighted by atomic mass is 16.5. The van der Waals surface area contributed by atoms with E-state index in [1.54, 1.807) is 7.11 Å². The summed E-state index contributed by atoms with van der Waals surface area (Å²) in [6.45, 7) is 5.41. The highest BCUT2D eigenvalue weighted by Crippen LogP contribution is 2.39. The van der Waals surface area contributed by atoms with E-state index in [1.165, 1.54) is 0 Å². The molecule has 0 atom stereocenters. The Kier molecular flexibility index (Phi) is 7.52. The van der Waals surface area contributed by atoms with E-state index in [0.717, 1.165) is 44.2 Å². The first-order valence-electron chi connectivity index (χ1n) is 11.8. The van der Waals surface area contributed by atoms with Gasteiger partial charge < -0.3 is 29.5 Å². The van der Waals surface area contributed by atoms with Crippen LogP contribution in [-0.2, 0) is 16.0 Å². The fourth-order valence-electron chi connectivity index (χ4n) is 5.33. The first-order valence-corrected chi connectivity index (χ1v) is 11.8. The number of carbonyl (C=O) groups is 2. The number of likely N-dealkylation sites (tertiary alicyclic amines) is 1. The number of piperidine rings is 1. The van der Waals surface area contributed by atoms with Crippen LogP contribution < -0.4 is 5.32 Å². The van der Waals surface area contributed by atoms with Gasteiger partial charge in [0.1, 0.15) is 0 Å². The molecular weight excluding hydrogens is 408 g/mol. The van der Waals surface area contributed by atoms with Gasteiger partial charge in [-0.3, -0.25) is 0 Å². The van der Waals surface area contributed by atoms with E-state index in [1.807, 2.05) is 28.0 Å². The lowest BCUT2D eigenvalue weighted by atomic mass is 9.86. The molecule has 176 valence electrons. The monoisotopic (exact) mass is 444 g/mol. The second-order valence-electron chi connectivity index (χ2n) is 9.13. The van der Waals surface area contributed by atoms with Crippen molar-refractivity contribution in [3.05, 3.63) is 35.9 Å². The molecule has 0 unspecified atom stereocenters. The predicted octanol–water partition coefficient (Wildman–Crippen LogP) is 2.68. The van der Waals surface area contributed by atoms with E-state index in [9.17, 15) is 9.59 Å². The van der Waals surface area contributed by atoms with Crippen molar-refractivity contribution in [2.45, 2.75) is 50.2 Å². The first-order chi connectivity index (χ1) is 15.6. The standard InChI is InChI=1S/C24H36N4O4/c1-31-15-5-12-25-22(29)26-13-8-21(9-14-26)28-23(30)27(18-20-6-3-2-4-7-20)19-24(28)10-16-32-17-11-24/h2-4,6-7,21H,5,8-19H2,1H3,(H,25,29). The fraction of sp³-hybridized carbons (Fsp3) is 0.667. The summed E-state index contributed by atoms with van der Waals surface area (Å²) in [4.78, 5) is 32.1. The van der Waals surface area contributed by atoms with Gasteiger partial charge in [-0.2, -0.15) is 0 Å². The van der Waals surface area contributed by atoms with E-state index in [2.05, 4.69) is 22.3 Å². The molecule has 1 aromatic rings. The molecule has 0 radical (unpaired) electrons. The highest BCUT2D eigenvalue weighted by Gasteiger charge is 2.53. The number of nitrogens with zero attached hydrogens (tertiary/aromatic N) is 3. The zero-order chi connectivity index (χ0) is 22.4. The van der Waals surface area contributed by atoms with Crippen LogP contribution in [0.1, 0.15) is 37.7 Å². The van der Waals surface area contributed by atoms with Crippen molar-refractivity contribution in [2.24, 2.45) is 0 Å². The summed E-state index contributed by atoms with van der Waals surface area (Å²) >= 11 is 0. The average molecular weight is 445 g/mol. The molecule has 3 saturated heterocycles. The van der Waals surface area contributed by atoms with E-state index >= 15 is 0 Å². The Balaban J connectivity index is 1.39. The SMILES string of the molecule is COCCCNC(=O)N1CCC(N2C(=O)N(Cc3ccccc3)CC23CCOCC3)CC1. The van der Waals surface area contributed by atoms with Gasteiger partial charge in [0.2, 0.25) is 0 Å². The Hall–Kier alpha value is -2.32. The number of nitrogens with one attached hydrogen (secondary N) is 1. The molecule has 0 aliphatic carbocycles. The Morgan fingerprint density at radius 1 is 1.19 bits per heavy atom. The van der Waals surface area contributed by atoms with Crippen molar-refractivity contribution in [3.8, 4) is 0 Å². The first kappa shape index (κ1) is 22.9. The number of carbonyl (C=O) groups excluding carboxylic acids is 2. The van der Waals surface area contributed by atoms with Crippen molar-refractivity contribution >= 4 is 12.1 Å². The number of rotatable bonds is 7. The third kappa shape index (κ3) is 5.02. The molecule has 3 aliphatic rings. The molecule has 8 nitrogen and oxygen atoms in total. The largest absolute Gasteiger partial charge is 0.385 e. The van der Waals surface area contributed by atoms with E-state index < -0.39 is 0 Å². The summed E-state index contributed by atoms with van der Waals surface area (Å²) in [7, 11) is 1.67. The fourth-order valence-corrected chi connectivity index (χ4v) is 5.33. The van der Waals surface area contributed by atoms with Crippen LogP contribution in [0.4, 0.5) is 9.59 Å². The van der Waals surface area contributed by atoms with E-state index in [4.69, 9.17) is 9.47 Å². The molecule has 3 fully saturated rings. The molecule has 8 heteroatoms. The van der Waals surface area contributed by atoms with Gasteiger partial charge in [-0.05, 0) is 37.7 Å². The number of hydrogen-bond acceptors (Lipinski definition) is 4. The van der Waals surface area contributed by atoms with Gasteiger partial charge in [0.15, 0.2) is 0 Å². The Labute approximate surface area is 190 Å². The molecular formula is C24H36N4O4. The summed E-state index contributed by atoms with van der Waals surface area (Å²) in [5.74, 6) is 0. The van der Waals surface area contributed by atoms with Crippen molar-refractivity contribution in [3.63, 3.8) is 0 Å². The Morgan fingerprint density at radius 3 is 2.59 bits per heavy atom. The van der Waals surface area contributed by atoms with Gasteiger partial charge >= 0.3 is 12.1 Å². The molecule has 0 aromatic heterocycles. The number of methoxy groups -OCH3 is 1. The number of amides is 4. The second kappa shape index (κ2) is 10.5. The van der Waals surface area contributed by atoms with Gasteiger partial charge in [0.25, 0.3) is 0 Å². The average Bonchev–Trinajstić information content (AvgIpc) is 3.08. The van der Waals surface area contributed by atoms with Gasteiger partial charge in [0.05, 0.1) is 5.54 Å². The van der Waals surface area contributed by atoms with Crippen molar-refractivity contribution in [1.82, 2.24) is 20.0 Å². The number of hydrogen-bond donors (Lipinski definition) is 1. The van der Waals surface area contributed by atoms with Gasteiger partial charge in [-0.15, -0.1) is 0 Å². The van der Waals surface area contributed by atoms with Crippen LogP contribution in [0, 0.1) is 0 Å². The lowest BCUT2D eigenvalue weighted by molar-refractivity contribution is -0.0144. The minimum Gasteiger partial charge on any atom is -0.385 e. The molecule has 4 rings (SSSR count). The lowest BCUT2D eigenvalue weighted by Crippen LogP contribution is -2.58. The third-order valence-electron chi connectivity index (χ3n) is 7.03. The van der Waals surface area contributed by atoms with Crippen LogP contribution in [0.15, 0.2) is 30.3 Å². The van der Waals surface area contributed by atoms with Gasteiger partial charge in [-0.25, -0.2) is 9.59 Å². The summed E-state index contributed by atoms with van der Waals surface area (Å²) in [6.07, 6.45) is 4.20. The van der Waals surface area contributed by atoms with Crippen LogP contribution in [0.3, 0.4) is 0 Å². The molecule has 32 heavy (non-hydrogen) atoms. The maximum absolute atomic E-state index is 13.6. The molecule has 3 aliphatic heterocycles. The Morgan fingerprint density at radius 2 is 1.91 bits per heavy atom. The Bertz CT molecular complexity index is 761. The molecule has 0 bridgehead atoms. The van der Waals surface area contributed by atoms with Crippen molar-refractivity contribution in [1.29, 1.82) is 0 Å². The lowest BCUT2D eigenvalue weighted by Gasteiger charge is -2.46. The van der Waals surface area contributed by atoms with Crippen molar-refractivity contribution < 1.29 is 19.1 Å². The van der Waals surface area contributed by atoms with Crippen LogP contribution in [-0.4, -0.2) is 91.5 Å². The molecule has 1 spiro atoms. The zero-order valence-corrected chi connectivity index (χ0v) is 19.1. The third-order valence-corrected chi connectivity index (χ3v) is 7.03. The highest BCUT2D eigenvalue weighted by molar-refractivity contribution is 5.79. The number of benzene rings is 1. The van der Waals surface area contributed by atoms with E-state index in [0.29, 0.717) is 46.0 Å². The minimum atomic E-state index is -0.153. The van der Waals surface area contributed by atoms with Crippen LogP contribution >= 0.6 is 0 Å². The van der Waals surface area contributed by atoms with Crippen LogP contribution in [0.2, 0.25) is 0 Å². The number of ether oxygens (including phenoxy) is 2. The quantitative estimate of drug-likeness (QED) is 0.657. The number of urea groups is 2. The maximum atomic E-state index is 13.6. The van der Waals surface area contributed by atoms with E-state index in [-0.39, 0.29) is 23.6 Å². The molecule has 4 amide bonds. The topological polar surface area (TPSA) is 74.4 Å². The van der Waals surface area contributed by atoms with Gasteiger partial charge in [-0.1, -0.05) is 30.3 Å². The molecule has 3 heterocycles. The summed E-state index contributed by atoms with van der Waals surface area (Å²) in [5, 5.41) is 2.97. The van der Waals surface area contributed by atoms with Crippen molar-refractivity contribution in [2.75, 3.05) is 53.1 Å². The summed E-state index contributed by atoms with van der Waals surface area (Å²) in [5.41, 5.74) is 1.00. The zero-order valence-electron chi connectivity index (χ0n) is 19.1. The predicted molar refractivity (Wildman–Crippen MR) is 121 cm³/mol. The maximum Gasteiger partial charge on any atom is 0.321 e. The minimum absolute atomic E-state index is 0.0150. The molecule has 1 N–H and O–H groups in total. The summed E-state index contributed by atoms with van der Waals surface area (Å²) < 4.78 is 10.7. The molecule has 1 aromatic carbocycles. The van der Waals surface area contributed by atoms with Crippen LogP contribution in [0.25, 0.3) is 0 Å². The smallest absolute Gasteiger partial charge is 0.321 e. The molecule has 0 saturated carbocycles. The normalized spacial score (nSPS) is 21.4. The summed E-state index contributed by atoms with van der Waals surface area (Å²) in [6, 6.07) is 10.5. The van der Waals surface area contributed by atoms with Crippen LogP contribution in [0.5, 0.6) is 0 Å². The second-order valence-corrected chi connectivity index (χ2v) is 9.13. The van der Waals surface area contributed by atoms with Gasteiger partial charge in [0, 0.05) is 65.7 Å².